The van der Waals surface area contributed by atoms with Crippen LogP contribution in [0, 0.1) is 12.8 Å². The number of carbonyl (C=O) groups is 1. The van der Waals surface area contributed by atoms with Crippen LogP contribution in [-0.2, 0) is 4.74 Å². The van der Waals surface area contributed by atoms with Gasteiger partial charge in [-0.1, -0.05) is 6.92 Å². The van der Waals surface area contributed by atoms with Gasteiger partial charge in [0.05, 0.1) is 12.3 Å². The lowest BCUT2D eigenvalue weighted by atomic mass is 9.95. The first-order valence-corrected chi connectivity index (χ1v) is 10.8. The number of aryl methyl sites for hydroxylation is 1. The monoisotopic (exact) mass is 392 g/mol. The molecule has 1 amide bonds. The minimum Gasteiger partial charge on any atom is -0.438 e. The molecule has 3 heterocycles. The molecule has 158 valence electrons. The largest absolute Gasteiger partial charge is 0.438 e. The average Bonchev–Trinajstić information content (AvgIpc) is 3.34. The van der Waals surface area contributed by atoms with Crippen molar-refractivity contribution in [2.75, 3.05) is 59.5 Å². The molecule has 1 aromatic rings. The summed E-state index contributed by atoms with van der Waals surface area (Å²) in [7, 11) is 1.75. The van der Waals surface area contributed by atoms with E-state index in [0.717, 1.165) is 65.3 Å². The van der Waals surface area contributed by atoms with E-state index < -0.39 is 0 Å². The summed E-state index contributed by atoms with van der Waals surface area (Å²) < 4.78 is 10.6. The second kappa shape index (κ2) is 10.4. The Labute approximate surface area is 169 Å². The molecule has 2 fully saturated rings. The molecule has 1 atom stereocenters. The molecule has 7 nitrogen and oxygen atoms in total. The molecule has 1 aromatic heterocycles. The summed E-state index contributed by atoms with van der Waals surface area (Å²) in [4.78, 5) is 24.4. The van der Waals surface area contributed by atoms with Crippen LogP contribution in [0.5, 0.6) is 0 Å². The highest BCUT2D eigenvalue weighted by atomic mass is 16.5. The smallest absolute Gasteiger partial charge is 0.291 e. The molecule has 2 aliphatic heterocycles. The molecule has 0 radical (unpaired) electrons. The lowest BCUT2D eigenvalue weighted by Crippen LogP contribution is -2.46. The Bertz CT molecular complexity index is 613. The van der Waals surface area contributed by atoms with E-state index in [-0.39, 0.29) is 5.91 Å². The second-order valence-corrected chi connectivity index (χ2v) is 8.18. The van der Waals surface area contributed by atoms with Crippen LogP contribution in [-0.4, -0.2) is 91.2 Å². The lowest BCUT2D eigenvalue weighted by molar-refractivity contribution is 0.0587. The SMILES string of the molecule is CCN1CCC[C@@H]1CN(CC1CCN(CCOC)CC1)C(=O)c1ocnc1C. The number of carbonyl (C=O) groups excluding carboxylic acids is 1. The van der Waals surface area contributed by atoms with Crippen molar-refractivity contribution < 1.29 is 13.9 Å². The zero-order chi connectivity index (χ0) is 19.9. The average molecular weight is 393 g/mol. The predicted molar refractivity (Wildman–Crippen MR) is 108 cm³/mol. The summed E-state index contributed by atoms with van der Waals surface area (Å²) in [6, 6.07) is 0.457. The summed E-state index contributed by atoms with van der Waals surface area (Å²) in [5.74, 6) is 0.945. The molecule has 2 aliphatic rings. The molecule has 0 aromatic carbocycles. The van der Waals surface area contributed by atoms with E-state index in [4.69, 9.17) is 9.15 Å². The Hall–Kier alpha value is -1.44. The Morgan fingerprint density at radius 1 is 1.29 bits per heavy atom. The normalized spacial score (nSPS) is 22.0. The van der Waals surface area contributed by atoms with Crippen LogP contribution >= 0.6 is 0 Å². The Kier molecular flexibility index (Phi) is 7.88. The highest BCUT2D eigenvalue weighted by molar-refractivity contribution is 5.92. The Morgan fingerprint density at radius 3 is 2.71 bits per heavy atom. The number of amides is 1. The summed E-state index contributed by atoms with van der Waals surface area (Å²) in [5, 5.41) is 0. The van der Waals surface area contributed by atoms with Crippen molar-refractivity contribution in [3.63, 3.8) is 0 Å². The zero-order valence-corrected chi connectivity index (χ0v) is 17.7. The van der Waals surface area contributed by atoms with Gasteiger partial charge in [-0.3, -0.25) is 9.69 Å². The van der Waals surface area contributed by atoms with Crippen molar-refractivity contribution >= 4 is 5.91 Å². The van der Waals surface area contributed by atoms with Crippen molar-refractivity contribution in [1.82, 2.24) is 19.7 Å². The van der Waals surface area contributed by atoms with Crippen molar-refractivity contribution in [2.24, 2.45) is 5.92 Å². The summed E-state index contributed by atoms with van der Waals surface area (Å²) in [5.41, 5.74) is 0.683. The third kappa shape index (κ3) is 5.33. The lowest BCUT2D eigenvalue weighted by Gasteiger charge is -2.36. The van der Waals surface area contributed by atoms with Gasteiger partial charge in [0, 0.05) is 32.8 Å². The number of hydrogen-bond acceptors (Lipinski definition) is 6. The number of oxazole rings is 1. The second-order valence-electron chi connectivity index (χ2n) is 8.18. The first-order valence-electron chi connectivity index (χ1n) is 10.8. The first-order chi connectivity index (χ1) is 13.6. The fraction of sp³-hybridized carbons (Fsp3) is 0.810. The van der Waals surface area contributed by atoms with Crippen LogP contribution in [0.3, 0.4) is 0 Å². The molecular weight excluding hydrogens is 356 g/mol. The number of methoxy groups -OCH3 is 1. The maximum absolute atomic E-state index is 13.2. The van der Waals surface area contributed by atoms with Crippen molar-refractivity contribution in [3.8, 4) is 0 Å². The zero-order valence-electron chi connectivity index (χ0n) is 17.7. The van der Waals surface area contributed by atoms with E-state index in [0.29, 0.717) is 23.4 Å². The Morgan fingerprint density at radius 2 is 2.07 bits per heavy atom. The summed E-state index contributed by atoms with van der Waals surface area (Å²) in [6.07, 6.45) is 6.03. The number of nitrogens with zero attached hydrogens (tertiary/aromatic N) is 4. The molecule has 0 N–H and O–H groups in total. The molecule has 0 bridgehead atoms. The molecule has 0 unspecified atom stereocenters. The molecule has 0 aliphatic carbocycles. The first kappa shape index (κ1) is 21.3. The predicted octanol–water partition coefficient (Wildman–Crippen LogP) is 2.27. The molecule has 0 saturated carbocycles. The number of likely N-dealkylation sites (N-methyl/N-ethyl adjacent to an activating group) is 1. The van der Waals surface area contributed by atoms with Gasteiger partial charge in [-0.05, 0) is 64.7 Å². The quantitative estimate of drug-likeness (QED) is 0.642. The number of rotatable bonds is 9. The van der Waals surface area contributed by atoms with E-state index in [1.165, 1.54) is 19.2 Å². The van der Waals surface area contributed by atoms with Crippen LogP contribution in [0.2, 0.25) is 0 Å². The van der Waals surface area contributed by atoms with Gasteiger partial charge in [-0.25, -0.2) is 4.98 Å². The van der Waals surface area contributed by atoms with Crippen molar-refractivity contribution in [1.29, 1.82) is 0 Å². The molecular formula is C21H36N4O3. The number of hydrogen-bond donors (Lipinski definition) is 0. The third-order valence-corrected chi connectivity index (χ3v) is 6.36. The molecule has 0 spiro atoms. The van der Waals surface area contributed by atoms with Gasteiger partial charge in [0.1, 0.15) is 0 Å². The van der Waals surface area contributed by atoms with Crippen LogP contribution in [0.4, 0.5) is 0 Å². The highest BCUT2D eigenvalue weighted by Crippen LogP contribution is 2.23. The van der Waals surface area contributed by atoms with Gasteiger partial charge >= 0.3 is 0 Å². The van der Waals surface area contributed by atoms with Gasteiger partial charge < -0.3 is 19.0 Å². The number of likely N-dealkylation sites (tertiary alicyclic amines) is 2. The topological polar surface area (TPSA) is 62.1 Å². The number of aromatic nitrogens is 1. The number of ether oxygens (including phenoxy) is 1. The van der Waals surface area contributed by atoms with Gasteiger partial charge in [0.25, 0.3) is 5.91 Å². The van der Waals surface area contributed by atoms with Gasteiger partial charge in [0.2, 0.25) is 5.76 Å². The molecule has 3 rings (SSSR count). The van der Waals surface area contributed by atoms with E-state index >= 15 is 0 Å². The van der Waals surface area contributed by atoms with E-state index in [9.17, 15) is 4.79 Å². The van der Waals surface area contributed by atoms with E-state index in [2.05, 4.69) is 21.7 Å². The van der Waals surface area contributed by atoms with Gasteiger partial charge in [0.15, 0.2) is 6.39 Å². The maximum Gasteiger partial charge on any atom is 0.291 e. The van der Waals surface area contributed by atoms with E-state index in [1.807, 2.05) is 11.8 Å². The summed E-state index contributed by atoms with van der Waals surface area (Å²) >= 11 is 0. The van der Waals surface area contributed by atoms with Gasteiger partial charge in [-0.2, -0.15) is 0 Å². The Balaban J connectivity index is 1.63. The molecule has 7 heteroatoms. The van der Waals surface area contributed by atoms with Crippen LogP contribution in [0.25, 0.3) is 0 Å². The maximum atomic E-state index is 13.2. The molecule has 28 heavy (non-hydrogen) atoms. The fourth-order valence-corrected chi connectivity index (χ4v) is 4.59. The van der Waals surface area contributed by atoms with Crippen LogP contribution in [0.15, 0.2) is 10.8 Å². The number of piperidine rings is 1. The van der Waals surface area contributed by atoms with Crippen molar-refractivity contribution in [2.45, 2.75) is 45.6 Å². The minimum atomic E-state index is -0.000217. The highest BCUT2D eigenvalue weighted by Gasteiger charge is 2.31. The van der Waals surface area contributed by atoms with Crippen molar-refractivity contribution in [3.05, 3.63) is 17.8 Å². The van der Waals surface area contributed by atoms with Gasteiger partial charge in [-0.15, -0.1) is 0 Å². The molecule has 2 saturated heterocycles. The van der Waals surface area contributed by atoms with Crippen LogP contribution < -0.4 is 0 Å². The fourth-order valence-electron chi connectivity index (χ4n) is 4.59. The van der Waals surface area contributed by atoms with Crippen LogP contribution in [0.1, 0.15) is 48.9 Å². The minimum absolute atomic E-state index is 0.000217. The third-order valence-electron chi connectivity index (χ3n) is 6.36. The van der Waals surface area contributed by atoms with E-state index in [1.54, 1.807) is 7.11 Å². The standard InChI is InChI=1S/C21H36N4O3/c1-4-24-9-5-6-19(24)15-25(21(26)20-17(2)22-16-28-20)14-18-7-10-23(11-8-18)12-13-27-3/h16,18-19H,4-15H2,1-3H3/t19-/m1/s1. The summed E-state index contributed by atoms with van der Waals surface area (Å²) in [6.45, 7) is 11.8.